The number of nitrogens with two attached hydrogens (primary N) is 1. The Kier molecular flexibility index (Phi) is 6.96. The molecule has 0 saturated carbocycles. The van der Waals surface area contributed by atoms with Gasteiger partial charge in [0.25, 0.3) is 0 Å². The second-order valence-electron chi connectivity index (χ2n) is 1.28. The van der Waals surface area contributed by atoms with Crippen molar-refractivity contribution in [2.45, 2.75) is 0 Å². The Morgan fingerprint density at radius 3 is 2.88 bits per heavy atom. The van der Waals surface area contributed by atoms with E-state index in [9.17, 15) is 0 Å². The van der Waals surface area contributed by atoms with Gasteiger partial charge in [0.15, 0.2) is 0 Å². The SMILES string of the molecule is NCC=CNCCBr. The van der Waals surface area contributed by atoms with Gasteiger partial charge in [-0.2, -0.15) is 0 Å². The van der Waals surface area contributed by atoms with Crippen molar-refractivity contribution in [2.24, 2.45) is 5.73 Å². The summed E-state index contributed by atoms with van der Waals surface area (Å²) in [7, 11) is 0. The Morgan fingerprint density at radius 1 is 1.62 bits per heavy atom. The van der Waals surface area contributed by atoms with E-state index in [1.165, 1.54) is 0 Å². The largest absolute Gasteiger partial charge is 0.390 e. The summed E-state index contributed by atoms with van der Waals surface area (Å²) in [5, 5.41) is 4.00. The topological polar surface area (TPSA) is 38.0 Å². The zero-order valence-electron chi connectivity index (χ0n) is 4.73. The highest BCUT2D eigenvalue weighted by molar-refractivity contribution is 9.09. The molecule has 0 aliphatic heterocycles. The lowest BCUT2D eigenvalue weighted by Crippen LogP contribution is -2.08. The van der Waals surface area contributed by atoms with Crippen LogP contribution >= 0.6 is 15.9 Å². The van der Waals surface area contributed by atoms with Crippen molar-refractivity contribution in [3.8, 4) is 0 Å². The van der Waals surface area contributed by atoms with Gasteiger partial charge in [0.2, 0.25) is 0 Å². The number of alkyl halides is 1. The minimum absolute atomic E-state index is 0.606. The van der Waals surface area contributed by atoms with Crippen molar-refractivity contribution >= 4 is 15.9 Å². The molecule has 0 aliphatic carbocycles. The lowest BCUT2D eigenvalue weighted by molar-refractivity contribution is 0.928. The molecular weight excluding hydrogens is 168 g/mol. The first-order valence-electron chi connectivity index (χ1n) is 2.56. The normalized spacial score (nSPS) is 10.2. The molecule has 8 heavy (non-hydrogen) atoms. The molecular formula is C5H11BrN2. The van der Waals surface area contributed by atoms with Crippen molar-refractivity contribution in [3.05, 3.63) is 12.3 Å². The van der Waals surface area contributed by atoms with Crippen molar-refractivity contribution in [1.29, 1.82) is 0 Å². The monoisotopic (exact) mass is 178 g/mol. The van der Waals surface area contributed by atoms with Gasteiger partial charge in [0.1, 0.15) is 0 Å². The minimum Gasteiger partial charge on any atom is -0.390 e. The first-order chi connectivity index (χ1) is 3.91. The van der Waals surface area contributed by atoms with Gasteiger partial charge in [-0.3, -0.25) is 0 Å². The fourth-order valence-corrected chi connectivity index (χ4v) is 0.518. The van der Waals surface area contributed by atoms with Crippen LogP contribution in [0.2, 0.25) is 0 Å². The molecule has 0 atom stereocenters. The molecule has 0 amide bonds. The van der Waals surface area contributed by atoms with E-state index in [0.29, 0.717) is 6.54 Å². The van der Waals surface area contributed by atoms with Crippen LogP contribution in [-0.4, -0.2) is 18.4 Å². The van der Waals surface area contributed by atoms with Gasteiger partial charge in [-0.15, -0.1) is 0 Å². The molecule has 0 aromatic carbocycles. The first-order valence-corrected chi connectivity index (χ1v) is 3.68. The molecule has 0 aromatic rings. The Hall–Kier alpha value is -0.0200. The van der Waals surface area contributed by atoms with E-state index < -0.39 is 0 Å². The summed E-state index contributed by atoms with van der Waals surface area (Å²) < 4.78 is 0. The van der Waals surface area contributed by atoms with Crippen LogP contribution in [0.3, 0.4) is 0 Å². The molecule has 3 N–H and O–H groups in total. The van der Waals surface area contributed by atoms with Crippen molar-refractivity contribution in [1.82, 2.24) is 5.32 Å². The molecule has 2 nitrogen and oxygen atoms in total. The Labute approximate surface area is 58.3 Å². The molecule has 0 saturated heterocycles. The smallest absolute Gasteiger partial charge is 0.0238 e. The quantitative estimate of drug-likeness (QED) is 0.485. The first kappa shape index (κ1) is 7.98. The van der Waals surface area contributed by atoms with E-state index in [4.69, 9.17) is 5.73 Å². The lowest BCUT2D eigenvalue weighted by Gasteiger charge is -1.91. The van der Waals surface area contributed by atoms with E-state index >= 15 is 0 Å². The summed E-state index contributed by atoms with van der Waals surface area (Å²) in [5.74, 6) is 0. The summed E-state index contributed by atoms with van der Waals surface area (Å²) in [6.45, 7) is 1.56. The maximum absolute atomic E-state index is 5.17. The van der Waals surface area contributed by atoms with Crippen LogP contribution in [0, 0.1) is 0 Å². The number of hydrogen-bond donors (Lipinski definition) is 2. The second kappa shape index (κ2) is 6.98. The summed E-state index contributed by atoms with van der Waals surface area (Å²) in [4.78, 5) is 0. The Balaban J connectivity index is 2.80. The third kappa shape index (κ3) is 5.98. The maximum atomic E-state index is 5.17. The van der Waals surface area contributed by atoms with Gasteiger partial charge in [-0.05, 0) is 6.20 Å². The molecule has 0 rings (SSSR count). The van der Waals surface area contributed by atoms with Gasteiger partial charge in [0.05, 0.1) is 0 Å². The van der Waals surface area contributed by atoms with Crippen molar-refractivity contribution < 1.29 is 0 Å². The average Bonchev–Trinajstić information content (AvgIpc) is 1.81. The minimum atomic E-state index is 0.606. The third-order valence-corrected chi connectivity index (χ3v) is 1.01. The predicted octanol–water partition coefficient (Wildman–Crippen LogP) is 0.443. The zero-order valence-corrected chi connectivity index (χ0v) is 6.32. The standard InChI is InChI=1S/C5H11BrN2/c6-2-5-8-4-1-3-7/h1,4,8H,2-3,5,7H2. The van der Waals surface area contributed by atoms with Gasteiger partial charge in [-0.1, -0.05) is 22.0 Å². The van der Waals surface area contributed by atoms with Crippen LogP contribution in [0.4, 0.5) is 0 Å². The van der Waals surface area contributed by atoms with Gasteiger partial charge >= 0.3 is 0 Å². The number of hydrogen-bond acceptors (Lipinski definition) is 2. The average molecular weight is 179 g/mol. The lowest BCUT2D eigenvalue weighted by atomic mass is 10.6. The summed E-state index contributed by atoms with van der Waals surface area (Å²) in [6, 6.07) is 0. The Bertz CT molecular complexity index is 63.4. The van der Waals surface area contributed by atoms with E-state index in [2.05, 4.69) is 21.2 Å². The van der Waals surface area contributed by atoms with Gasteiger partial charge < -0.3 is 11.1 Å². The number of rotatable bonds is 4. The molecule has 0 radical (unpaired) electrons. The molecule has 0 fully saturated rings. The van der Waals surface area contributed by atoms with Crippen LogP contribution in [0.25, 0.3) is 0 Å². The van der Waals surface area contributed by atoms with E-state index in [0.717, 1.165) is 11.9 Å². The summed E-state index contributed by atoms with van der Waals surface area (Å²) >= 11 is 3.27. The van der Waals surface area contributed by atoms with E-state index in [1.54, 1.807) is 0 Å². The van der Waals surface area contributed by atoms with Crippen LogP contribution in [0.1, 0.15) is 0 Å². The van der Waals surface area contributed by atoms with Gasteiger partial charge in [0, 0.05) is 18.4 Å². The van der Waals surface area contributed by atoms with Crippen LogP contribution in [0.5, 0.6) is 0 Å². The summed E-state index contributed by atoms with van der Waals surface area (Å²) in [5.41, 5.74) is 5.17. The molecule has 3 heteroatoms. The fourth-order valence-electron chi connectivity index (χ4n) is 0.289. The summed E-state index contributed by atoms with van der Waals surface area (Å²) in [6.07, 6.45) is 3.74. The fraction of sp³-hybridized carbons (Fsp3) is 0.600. The molecule has 0 aliphatic rings. The highest BCUT2D eigenvalue weighted by Gasteiger charge is 1.71. The van der Waals surface area contributed by atoms with Crippen molar-refractivity contribution in [3.63, 3.8) is 0 Å². The zero-order chi connectivity index (χ0) is 6.24. The molecule has 0 aromatic heterocycles. The van der Waals surface area contributed by atoms with Crippen LogP contribution in [0.15, 0.2) is 12.3 Å². The number of halogens is 1. The van der Waals surface area contributed by atoms with Crippen molar-refractivity contribution in [2.75, 3.05) is 18.4 Å². The van der Waals surface area contributed by atoms with E-state index in [1.807, 2.05) is 12.3 Å². The van der Waals surface area contributed by atoms with Gasteiger partial charge in [-0.25, -0.2) is 0 Å². The van der Waals surface area contributed by atoms with E-state index in [-0.39, 0.29) is 0 Å². The number of nitrogens with one attached hydrogen (secondary N) is 1. The Morgan fingerprint density at radius 2 is 2.38 bits per heavy atom. The third-order valence-electron chi connectivity index (χ3n) is 0.611. The molecule has 0 heterocycles. The van der Waals surface area contributed by atoms with Crippen LogP contribution in [-0.2, 0) is 0 Å². The second-order valence-corrected chi connectivity index (χ2v) is 2.07. The molecule has 0 spiro atoms. The molecule has 48 valence electrons. The predicted molar refractivity (Wildman–Crippen MR) is 40.0 cm³/mol. The maximum Gasteiger partial charge on any atom is 0.0238 e. The highest BCUT2D eigenvalue weighted by atomic mass is 79.9. The molecule has 0 bridgehead atoms. The molecule has 0 unspecified atom stereocenters. The van der Waals surface area contributed by atoms with Crippen LogP contribution < -0.4 is 11.1 Å². The highest BCUT2D eigenvalue weighted by Crippen LogP contribution is 1.73.